The normalized spacial score (nSPS) is 32.1. The Morgan fingerprint density at radius 1 is 1.31 bits per heavy atom. The van der Waals surface area contributed by atoms with Crippen molar-refractivity contribution in [2.24, 2.45) is 5.41 Å². The quantitative estimate of drug-likeness (QED) is 0.667. The van der Waals surface area contributed by atoms with Crippen molar-refractivity contribution in [3.8, 4) is 0 Å². The fourth-order valence-corrected chi connectivity index (χ4v) is 1.93. The lowest BCUT2D eigenvalue weighted by atomic mass is 9.94. The molecule has 0 bridgehead atoms. The van der Waals surface area contributed by atoms with Crippen molar-refractivity contribution in [3.63, 3.8) is 0 Å². The number of nitrogens with one attached hydrogen (secondary N) is 1. The number of rotatable bonds is 1. The molecule has 2 nitrogen and oxygen atoms in total. The van der Waals surface area contributed by atoms with E-state index in [9.17, 15) is 0 Å². The van der Waals surface area contributed by atoms with Gasteiger partial charge in [-0.2, -0.15) is 0 Å². The third-order valence-electron chi connectivity index (χ3n) is 2.57. The highest BCUT2D eigenvalue weighted by atomic mass is 15.2. The maximum absolute atomic E-state index is 3.51. The lowest BCUT2D eigenvalue weighted by molar-refractivity contribution is 0.103. The van der Waals surface area contributed by atoms with Crippen LogP contribution < -0.4 is 5.32 Å². The molecule has 1 fully saturated rings. The van der Waals surface area contributed by atoms with Crippen LogP contribution in [0.1, 0.15) is 34.6 Å². The van der Waals surface area contributed by atoms with Gasteiger partial charge >= 0.3 is 0 Å². The lowest BCUT2D eigenvalue weighted by Gasteiger charge is -2.40. The number of hydrogen-bond donors (Lipinski definition) is 1. The smallest absolute Gasteiger partial charge is 0.0193 e. The zero-order chi connectivity index (χ0) is 10.1. The van der Waals surface area contributed by atoms with Crippen molar-refractivity contribution in [1.29, 1.82) is 0 Å². The van der Waals surface area contributed by atoms with Crippen LogP contribution in [-0.4, -0.2) is 36.6 Å². The van der Waals surface area contributed by atoms with Crippen LogP contribution in [0.15, 0.2) is 0 Å². The Bertz CT molecular complexity index is 160. The van der Waals surface area contributed by atoms with E-state index < -0.39 is 0 Å². The van der Waals surface area contributed by atoms with Crippen LogP contribution in [-0.2, 0) is 0 Å². The molecule has 1 heterocycles. The second kappa shape index (κ2) is 3.97. The number of nitrogens with zero attached hydrogens (tertiary/aromatic N) is 1. The summed E-state index contributed by atoms with van der Waals surface area (Å²) in [5, 5.41) is 3.51. The molecule has 1 aliphatic heterocycles. The van der Waals surface area contributed by atoms with Gasteiger partial charge in [0, 0.05) is 31.7 Å². The van der Waals surface area contributed by atoms with E-state index in [1.807, 2.05) is 0 Å². The summed E-state index contributed by atoms with van der Waals surface area (Å²) in [4.78, 5) is 2.60. The first-order chi connectivity index (χ1) is 5.88. The Kier molecular flexibility index (Phi) is 3.36. The molecule has 2 atom stereocenters. The van der Waals surface area contributed by atoms with E-state index in [4.69, 9.17) is 0 Å². The van der Waals surface area contributed by atoms with Gasteiger partial charge in [-0.25, -0.2) is 0 Å². The SMILES string of the molecule is C[C@@H]1CN(CC(C)(C)C)[C@H](C)CN1. The molecule has 78 valence electrons. The molecule has 0 saturated carbocycles. The summed E-state index contributed by atoms with van der Waals surface area (Å²) in [6.07, 6.45) is 0. The second-order valence-corrected chi connectivity index (χ2v) is 5.65. The largest absolute Gasteiger partial charge is 0.311 e. The van der Waals surface area contributed by atoms with Crippen molar-refractivity contribution in [3.05, 3.63) is 0 Å². The van der Waals surface area contributed by atoms with Crippen molar-refractivity contribution in [1.82, 2.24) is 10.2 Å². The van der Waals surface area contributed by atoms with Gasteiger partial charge in [0.05, 0.1) is 0 Å². The Labute approximate surface area is 82.7 Å². The number of piperazine rings is 1. The van der Waals surface area contributed by atoms with E-state index in [1.54, 1.807) is 0 Å². The topological polar surface area (TPSA) is 15.3 Å². The van der Waals surface area contributed by atoms with E-state index >= 15 is 0 Å². The Morgan fingerprint density at radius 2 is 1.92 bits per heavy atom. The minimum Gasteiger partial charge on any atom is -0.311 e. The molecule has 0 aromatic rings. The minimum atomic E-state index is 0.422. The molecule has 0 radical (unpaired) electrons. The van der Waals surface area contributed by atoms with E-state index in [1.165, 1.54) is 13.1 Å². The van der Waals surface area contributed by atoms with E-state index in [-0.39, 0.29) is 0 Å². The molecular weight excluding hydrogens is 160 g/mol. The fourth-order valence-electron chi connectivity index (χ4n) is 1.93. The fraction of sp³-hybridized carbons (Fsp3) is 1.00. The highest BCUT2D eigenvalue weighted by molar-refractivity contribution is 4.83. The summed E-state index contributed by atoms with van der Waals surface area (Å²) >= 11 is 0. The van der Waals surface area contributed by atoms with Gasteiger partial charge in [0.1, 0.15) is 0 Å². The second-order valence-electron chi connectivity index (χ2n) is 5.65. The zero-order valence-electron chi connectivity index (χ0n) is 9.72. The summed E-state index contributed by atoms with van der Waals surface area (Å²) in [5.41, 5.74) is 0.422. The molecular formula is C11H24N2. The van der Waals surface area contributed by atoms with Gasteiger partial charge in [0.25, 0.3) is 0 Å². The molecule has 1 N–H and O–H groups in total. The summed E-state index contributed by atoms with van der Waals surface area (Å²) in [6, 6.07) is 1.34. The molecule has 0 unspecified atom stereocenters. The van der Waals surface area contributed by atoms with Gasteiger partial charge in [0.2, 0.25) is 0 Å². The third-order valence-corrected chi connectivity index (χ3v) is 2.57. The van der Waals surface area contributed by atoms with Crippen LogP contribution >= 0.6 is 0 Å². The molecule has 1 rings (SSSR count). The van der Waals surface area contributed by atoms with Crippen molar-refractivity contribution in [2.45, 2.75) is 46.7 Å². The third kappa shape index (κ3) is 3.65. The molecule has 0 aromatic carbocycles. The zero-order valence-corrected chi connectivity index (χ0v) is 9.72. The Hall–Kier alpha value is -0.0800. The van der Waals surface area contributed by atoms with Crippen LogP contribution in [0.4, 0.5) is 0 Å². The van der Waals surface area contributed by atoms with Crippen LogP contribution in [0.25, 0.3) is 0 Å². The van der Waals surface area contributed by atoms with Crippen molar-refractivity contribution >= 4 is 0 Å². The Balaban J connectivity index is 2.47. The maximum atomic E-state index is 3.51. The summed E-state index contributed by atoms with van der Waals surface area (Å²) in [5.74, 6) is 0. The summed E-state index contributed by atoms with van der Waals surface area (Å²) < 4.78 is 0. The minimum absolute atomic E-state index is 0.422. The lowest BCUT2D eigenvalue weighted by Crippen LogP contribution is -2.55. The summed E-state index contributed by atoms with van der Waals surface area (Å²) in [7, 11) is 0. The van der Waals surface area contributed by atoms with Gasteiger partial charge in [-0.15, -0.1) is 0 Å². The maximum Gasteiger partial charge on any atom is 0.0193 e. The van der Waals surface area contributed by atoms with E-state index in [0.717, 1.165) is 6.54 Å². The molecule has 13 heavy (non-hydrogen) atoms. The number of hydrogen-bond acceptors (Lipinski definition) is 2. The average molecular weight is 184 g/mol. The van der Waals surface area contributed by atoms with Crippen molar-refractivity contribution in [2.75, 3.05) is 19.6 Å². The predicted molar refractivity (Wildman–Crippen MR) is 58.0 cm³/mol. The van der Waals surface area contributed by atoms with Crippen LogP contribution in [0, 0.1) is 5.41 Å². The molecule has 0 aliphatic carbocycles. The van der Waals surface area contributed by atoms with E-state index in [2.05, 4.69) is 44.8 Å². The standard InChI is InChI=1S/C11H24N2/c1-9-7-13(8-11(3,4)5)10(2)6-12-9/h9-10,12H,6-8H2,1-5H3/t9-,10-/m1/s1. The first kappa shape index (κ1) is 11.0. The van der Waals surface area contributed by atoms with Gasteiger partial charge in [-0.1, -0.05) is 20.8 Å². The molecule has 0 amide bonds. The summed E-state index contributed by atoms with van der Waals surface area (Å²) in [6.45, 7) is 15.0. The molecule has 2 heteroatoms. The molecule has 1 aliphatic rings. The molecule has 0 spiro atoms. The highest BCUT2D eigenvalue weighted by Gasteiger charge is 2.25. The van der Waals surface area contributed by atoms with Crippen LogP contribution in [0.3, 0.4) is 0 Å². The predicted octanol–water partition coefficient (Wildman–Crippen LogP) is 1.71. The van der Waals surface area contributed by atoms with Gasteiger partial charge < -0.3 is 5.32 Å². The van der Waals surface area contributed by atoms with Gasteiger partial charge in [0.15, 0.2) is 0 Å². The average Bonchev–Trinajstić information content (AvgIpc) is 1.94. The van der Waals surface area contributed by atoms with Crippen LogP contribution in [0.2, 0.25) is 0 Å². The van der Waals surface area contributed by atoms with E-state index in [0.29, 0.717) is 17.5 Å². The van der Waals surface area contributed by atoms with Gasteiger partial charge in [-0.3, -0.25) is 4.90 Å². The first-order valence-corrected chi connectivity index (χ1v) is 5.36. The highest BCUT2D eigenvalue weighted by Crippen LogP contribution is 2.18. The molecule has 0 aromatic heterocycles. The van der Waals surface area contributed by atoms with Crippen molar-refractivity contribution < 1.29 is 0 Å². The van der Waals surface area contributed by atoms with Gasteiger partial charge in [-0.05, 0) is 19.3 Å². The Morgan fingerprint density at radius 3 is 2.46 bits per heavy atom. The van der Waals surface area contributed by atoms with Crippen LogP contribution in [0.5, 0.6) is 0 Å². The first-order valence-electron chi connectivity index (χ1n) is 5.36. The monoisotopic (exact) mass is 184 g/mol. The molecule has 1 saturated heterocycles.